The van der Waals surface area contributed by atoms with Crippen molar-refractivity contribution in [2.45, 2.75) is 50.0 Å². The van der Waals surface area contributed by atoms with Crippen LogP contribution in [0, 0.1) is 12.3 Å². The maximum atomic E-state index is 6.38. The van der Waals surface area contributed by atoms with Crippen LogP contribution in [0.4, 0.5) is 0 Å². The Morgan fingerprint density at radius 1 is 1.10 bits per heavy atom. The van der Waals surface area contributed by atoms with Crippen molar-refractivity contribution in [3.05, 3.63) is 17.7 Å². The maximum absolute atomic E-state index is 6.38. The average Bonchev–Trinajstić information content (AvgIpc) is 3.00. The van der Waals surface area contributed by atoms with Gasteiger partial charge in [-0.1, -0.05) is 28.8 Å². The van der Waals surface area contributed by atoms with E-state index in [-0.39, 0.29) is 6.10 Å². The second kappa shape index (κ2) is 5.71. The third-order valence-corrected chi connectivity index (χ3v) is 6.37. The largest absolute Gasteiger partial charge is 0.493 e. The lowest BCUT2D eigenvalue weighted by molar-refractivity contribution is -0.0328. The van der Waals surface area contributed by atoms with Crippen molar-refractivity contribution in [3.63, 3.8) is 0 Å². The summed E-state index contributed by atoms with van der Waals surface area (Å²) in [5.74, 6) is 2.28. The molecule has 0 saturated heterocycles. The van der Waals surface area contributed by atoms with Crippen LogP contribution in [0.2, 0.25) is 0 Å². The number of alkyl halides is 1. The number of benzene rings is 1. The predicted octanol–water partition coefficient (Wildman–Crippen LogP) is 4.49. The van der Waals surface area contributed by atoms with Gasteiger partial charge >= 0.3 is 0 Å². The zero-order chi connectivity index (χ0) is 15.0. The van der Waals surface area contributed by atoms with Crippen LogP contribution in [-0.2, 0) is 0 Å². The molecule has 2 saturated carbocycles. The smallest absolute Gasteiger partial charge is 0.203 e. The van der Waals surface area contributed by atoms with E-state index in [1.165, 1.54) is 25.7 Å². The van der Waals surface area contributed by atoms with Crippen molar-refractivity contribution in [2.24, 2.45) is 5.41 Å². The van der Waals surface area contributed by atoms with E-state index < -0.39 is 0 Å². The monoisotopic (exact) mass is 354 g/mol. The molecule has 1 aromatic rings. The number of halogens is 1. The fraction of sp³-hybridized carbons (Fsp3) is 0.647. The highest BCUT2D eigenvalue weighted by atomic mass is 79.9. The summed E-state index contributed by atoms with van der Waals surface area (Å²) in [5, 5.41) is 0. The fourth-order valence-corrected chi connectivity index (χ4v) is 4.89. The Bertz CT molecular complexity index is 498. The molecule has 1 spiro atoms. The topological polar surface area (TPSA) is 27.7 Å². The molecule has 0 heterocycles. The maximum Gasteiger partial charge on any atom is 0.203 e. The van der Waals surface area contributed by atoms with E-state index in [4.69, 9.17) is 14.2 Å². The highest BCUT2D eigenvalue weighted by Crippen LogP contribution is 2.58. The molecule has 0 aliphatic heterocycles. The third-order valence-electron chi connectivity index (χ3n) is 5.09. The minimum Gasteiger partial charge on any atom is -0.493 e. The minimum atomic E-state index is 0.259. The van der Waals surface area contributed by atoms with Crippen LogP contribution in [0.5, 0.6) is 17.2 Å². The lowest BCUT2D eigenvalue weighted by atomic mass is 9.64. The quantitative estimate of drug-likeness (QED) is 0.745. The number of ether oxygens (including phenoxy) is 3. The highest BCUT2D eigenvalue weighted by molar-refractivity contribution is 9.09. The van der Waals surface area contributed by atoms with Gasteiger partial charge in [-0.15, -0.1) is 0 Å². The molecule has 2 fully saturated rings. The molecule has 4 heteroatoms. The standard InChI is InChI=1S/C17H23BrO3/c1-11-8-12(19-2)16(13(9-11)20-3)21-15-10-14(18)17(15)6-4-5-7-17/h8-9,14-15H,4-7,10H2,1-3H3. The van der Waals surface area contributed by atoms with Crippen molar-refractivity contribution in [2.75, 3.05) is 14.2 Å². The summed E-state index contributed by atoms with van der Waals surface area (Å²) in [4.78, 5) is 0.583. The van der Waals surface area contributed by atoms with Crippen molar-refractivity contribution in [1.29, 1.82) is 0 Å². The molecule has 0 radical (unpaired) electrons. The Labute approximate surface area is 135 Å². The molecule has 1 aromatic carbocycles. The molecule has 116 valence electrons. The van der Waals surface area contributed by atoms with Gasteiger partial charge in [0.2, 0.25) is 5.75 Å². The van der Waals surface area contributed by atoms with Crippen LogP contribution in [-0.4, -0.2) is 25.2 Å². The number of aryl methyl sites for hydroxylation is 1. The lowest BCUT2D eigenvalue weighted by Crippen LogP contribution is -2.55. The van der Waals surface area contributed by atoms with Gasteiger partial charge in [-0.2, -0.15) is 0 Å². The van der Waals surface area contributed by atoms with Gasteiger partial charge < -0.3 is 14.2 Å². The fourth-order valence-electron chi connectivity index (χ4n) is 3.80. The van der Waals surface area contributed by atoms with Crippen molar-refractivity contribution in [1.82, 2.24) is 0 Å². The molecular weight excluding hydrogens is 332 g/mol. The van der Waals surface area contributed by atoms with E-state index in [0.29, 0.717) is 10.2 Å². The van der Waals surface area contributed by atoms with E-state index in [1.807, 2.05) is 19.1 Å². The molecule has 3 nitrogen and oxygen atoms in total. The zero-order valence-electron chi connectivity index (χ0n) is 12.9. The molecule has 3 rings (SSSR count). The van der Waals surface area contributed by atoms with Gasteiger partial charge in [-0.25, -0.2) is 0 Å². The summed E-state index contributed by atoms with van der Waals surface area (Å²) < 4.78 is 17.4. The number of rotatable bonds is 4. The van der Waals surface area contributed by atoms with E-state index in [0.717, 1.165) is 29.2 Å². The molecule has 0 aromatic heterocycles. The van der Waals surface area contributed by atoms with Gasteiger partial charge in [0.05, 0.1) is 14.2 Å². The molecule has 2 aliphatic carbocycles. The van der Waals surface area contributed by atoms with Crippen molar-refractivity contribution < 1.29 is 14.2 Å². The van der Waals surface area contributed by atoms with Crippen LogP contribution in [0.1, 0.15) is 37.7 Å². The van der Waals surface area contributed by atoms with Gasteiger partial charge in [0.1, 0.15) is 6.10 Å². The van der Waals surface area contributed by atoms with Gasteiger partial charge in [-0.05, 0) is 43.9 Å². The van der Waals surface area contributed by atoms with Crippen LogP contribution in [0.25, 0.3) is 0 Å². The summed E-state index contributed by atoms with van der Waals surface area (Å²) in [6.07, 6.45) is 6.44. The third kappa shape index (κ3) is 2.41. The van der Waals surface area contributed by atoms with Gasteiger partial charge in [0.15, 0.2) is 11.5 Å². The molecule has 2 unspecified atom stereocenters. The first-order valence-corrected chi connectivity index (χ1v) is 8.55. The normalized spacial score (nSPS) is 26.5. The summed E-state index contributed by atoms with van der Waals surface area (Å²) in [6.45, 7) is 2.03. The summed E-state index contributed by atoms with van der Waals surface area (Å²) in [5.41, 5.74) is 1.42. The van der Waals surface area contributed by atoms with Gasteiger partial charge in [0, 0.05) is 10.2 Å². The van der Waals surface area contributed by atoms with Crippen LogP contribution in [0.3, 0.4) is 0 Å². The summed E-state index contributed by atoms with van der Waals surface area (Å²) >= 11 is 3.84. The second-order valence-corrected chi connectivity index (χ2v) is 7.35. The Morgan fingerprint density at radius 3 is 2.14 bits per heavy atom. The first kappa shape index (κ1) is 15.0. The Hall–Kier alpha value is -0.900. The van der Waals surface area contributed by atoms with Crippen molar-refractivity contribution >= 4 is 15.9 Å². The summed E-state index contributed by atoms with van der Waals surface area (Å²) in [7, 11) is 3.36. The SMILES string of the molecule is COc1cc(C)cc(OC)c1OC1CC(Br)C12CCCC2. The summed E-state index contributed by atoms with van der Waals surface area (Å²) in [6, 6.07) is 4.01. The zero-order valence-corrected chi connectivity index (χ0v) is 14.5. The number of hydrogen-bond acceptors (Lipinski definition) is 3. The van der Waals surface area contributed by atoms with E-state index in [1.54, 1.807) is 14.2 Å². The molecule has 2 aliphatic rings. The van der Waals surface area contributed by atoms with Gasteiger partial charge in [0.25, 0.3) is 0 Å². The molecule has 21 heavy (non-hydrogen) atoms. The Balaban J connectivity index is 1.88. The first-order chi connectivity index (χ1) is 10.1. The molecule has 0 N–H and O–H groups in total. The van der Waals surface area contributed by atoms with E-state index in [9.17, 15) is 0 Å². The average molecular weight is 355 g/mol. The van der Waals surface area contributed by atoms with E-state index in [2.05, 4.69) is 15.9 Å². The predicted molar refractivity (Wildman–Crippen MR) is 86.9 cm³/mol. The lowest BCUT2D eigenvalue weighted by Gasteiger charge is -2.51. The van der Waals surface area contributed by atoms with Crippen LogP contribution >= 0.6 is 15.9 Å². The van der Waals surface area contributed by atoms with Crippen LogP contribution in [0.15, 0.2) is 12.1 Å². The molecular formula is C17H23BrO3. The molecule has 2 atom stereocenters. The van der Waals surface area contributed by atoms with Crippen LogP contribution < -0.4 is 14.2 Å². The van der Waals surface area contributed by atoms with Crippen molar-refractivity contribution in [3.8, 4) is 17.2 Å². The number of methoxy groups -OCH3 is 2. The molecule has 0 bridgehead atoms. The Kier molecular flexibility index (Phi) is 4.08. The van der Waals surface area contributed by atoms with Gasteiger partial charge in [-0.3, -0.25) is 0 Å². The highest BCUT2D eigenvalue weighted by Gasteiger charge is 2.56. The first-order valence-electron chi connectivity index (χ1n) is 7.64. The second-order valence-electron chi connectivity index (χ2n) is 6.25. The number of hydrogen-bond donors (Lipinski definition) is 0. The Morgan fingerprint density at radius 2 is 1.67 bits per heavy atom. The molecule has 0 amide bonds. The minimum absolute atomic E-state index is 0.259. The van der Waals surface area contributed by atoms with E-state index >= 15 is 0 Å².